The summed E-state index contributed by atoms with van der Waals surface area (Å²) in [7, 11) is 0. The summed E-state index contributed by atoms with van der Waals surface area (Å²) in [4.78, 5) is 32.8. The molecule has 1 saturated heterocycles. The third-order valence-electron chi connectivity index (χ3n) is 4.10. The Morgan fingerprint density at radius 2 is 2.19 bits per heavy atom. The lowest BCUT2D eigenvalue weighted by atomic mass is 10.3. The number of hydrogen-bond donors (Lipinski definition) is 0. The van der Waals surface area contributed by atoms with Crippen molar-refractivity contribution in [2.24, 2.45) is 4.99 Å². The van der Waals surface area contributed by atoms with Gasteiger partial charge in [0, 0.05) is 32.3 Å². The first-order chi connectivity index (χ1) is 13.2. The topological polar surface area (TPSA) is 84.6 Å². The number of carbonyl (C=O) groups excluding carboxylic acids is 2. The average molecular weight is 393 g/mol. The van der Waals surface area contributed by atoms with Crippen LogP contribution < -0.4 is 0 Å². The van der Waals surface area contributed by atoms with Crippen molar-refractivity contribution in [3.8, 4) is 0 Å². The van der Waals surface area contributed by atoms with Crippen LogP contribution in [0.3, 0.4) is 0 Å². The van der Waals surface area contributed by atoms with Crippen LogP contribution in [0.1, 0.15) is 12.7 Å². The van der Waals surface area contributed by atoms with E-state index in [0.29, 0.717) is 43.0 Å². The van der Waals surface area contributed by atoms with Gasteiger partial charge in [-0.3, -0.25) is 19.4 Å². The molecule has 3 heterocycles. The van der Waals surface area contributed by atoms with Gasteiger partial charge in [-0.05, 0) is 19.1 Å². The van der Waals surface area contributed by atoms with Gasteiger partial charge in [0.05, 0.1) is 31.8 Å². The van der Waals surface area contributed by atoms with Gasteiger partial charge in [-0.1, -0.05) is 11.8 Å². The van der Waals surface area contributed by atoms with E-state index >= 15 is 0 Å². The molecule has 0 unspecified atom stereocenters. The van der Waals surface area contributed by atoms with Crippen molar-refractivity contribution in [1.29, 1.82) is 0 Å². The molecule has 1 amide bonds. The van der Waals surface area contributed by atoms with E-state index in [1.54, 1.807) is 36.3 Å². The summed E-state index contributed by atoms with van der Waals surface area (Å²) in [6, 6.07) is 3.51. The Balaban J connectivity index is 1.68. The maximum absolute atomic E-state index is 12.8. The summed E-state index contributed by atoms with van der Waals surface area (Å²) in [6.07, 6.45) is 3.16. The molecule has 0 spiro atoms. The second-order valence-corrected chi connectivity index (χ2v) is 6.89. The van der Waals surface area contributed by atoms with Crippen LogP contribution in [-0.2, 0) is 19.1 Å². The molecule has 1 aromatic rings. The molecule has 0 aliphatic carbocycles. The van der Waals surface area contributed by atoms with Crippen LogP contribution in [-0.4, -0.2) is 78.6 Å². The van der Waals surface area contributed by atoms with Crippen LogP contribution in [0.15, 0.2) is 33.5 Å². The third kappa shape index (κ3) is 5.44. The van der Waals surface area contributed by atoms with Gasteiger partial charge >= 0.3 is 5.97 Å². The van der Waals surface area contributed by atoms with Crippen LogP contribution in [0.4, 0.5) is 0 Å². The van der Waals surface area contributed by atoms with Crippen LogP contribution in [0.5, 0.6) is 0 Å². The van der Waals surface area contributed by atoms with Gasteiger partial charge in [0.15, 0.2) is 5.17 Å². The van der Waals surface area contributed by atoms with Gasteiger partial charge in [-0.2, -0.15) is 0 Å². The molecular weight excluding hydrogens is 370 g/mol. The maximum Gasteiger partial charge on any atom is 0.316 e. The van der Waals surface area contributed by atoms with E-state index in [1.807, 2.05) is 0 Å². The molecule has 0 radical (unpaired) electrons. The van der Waals surface area contributed by atoms with Crippen molar-refractivity contribution < 1.29 is 23.5 Å². The number of aliphatic imine (C=N–C) groups is 1. The molecule has 0 N–H and O–H groups in total. The lowest BCUT2D eigenvalue weighted by Crippen LogP contribution is -2.43. The Morgan fingerprint density at radius 1 is 1.37 bits per heavy atom. The fourth-order valence-electron chi connectivity index (χ4n) is 2.74. The van der Waals surface area contributed by atoms with Crippen molar-refractivity contribution in [3.63, 3.8) is 0 Å². The summed E-state index contributed by atoms with van der Waals surface area (Å²) in [5.41, 5.74) is 0.304. The minimum atomic E-state index is -0.325. The largest absolute Gasteiger partial charge is 0.465 e. The number of thioether (sulfide) groups is 1. The molecule has 8 nitrogen and oxygen atoms in total. The van der Waals surface area contributed by atoms with Gasteiger partial charge in [-0.15, -0.1) is 0 Å². The number of nitrogens with zero attached hydrogens (tertiary/aromatic N) is 3. The molecule has 2 aliphatic rings. The first kappa shape index (κ1) is 19.7. The number of amidine groups is 1. The van der Waals surface area contributed by atoms with Crippen molar-refractivity contribution in [3.05, 3.63) is 29.9 Å². The molecule has 0 atom stereocenters. The van der Waals surface area contributed by atoms with E-state index in [0.717, 1.165) is 19.6 Å². The van der Waals surface area contributed by atoms with Crippen molar-refractivity contribution in [2.45, 2.75) is 6.92 Å². The van der Waals surface area contributed by atoms with E-state index in [4.69, 9.17) is 13.9 Å². The first-order valence-electron chi connectivity index (χ1n) is 8.91. The quantitative estimate of drug-likeness (QED) is 0.512. The molecule has 0 bridgehead atoms. The highest BCUT2D eigenvalue weighted by atomic mass is 32.2. The highest BCUT2D eigenvalue weighted by Gasteiger charge is 2.31. The lowest BCUT2D eigenvalue weighted by Gasteiger charge is -2.28. The summed E-state index contributed by atoms with van der Waals surface area (Å²) in [5.74, 6) is 0.161. The smallest absolute Gasteiger partial charge is 0.316 e. The van der Waals surface area contributed by atoms with Crippen LogP contribution in [0.2, 0.25) is 0 Å². The lowest BCUT2D eigenvalue weighted by molar-refractivity contribution is -0.139. The first-order valence-corrected chi connectivity index (χ1v) is 9.90. The van der Waals surface area contributed by atoms with E-state index in [2.05, 4.69) is 9.89 Å². The monoisotopic (exact) mass is 393 g/mol. The Morgan fingerprint density at radius 3 is 2.89 bits per heavy atom. The number of furan rings is 1. The number of amides is 1. The van der Waals surface area contributed by atoms with E-state index in [9.17, 15) is 9.59 Å². The highest BCUT2D eigenvalue weighted by Crippen LogP contribution is 2.24. The SMILES string of the molecule is CCOC(=O)CSC1=N/C(=C/c2ccco2)C(=O)N1CCN1CCOCC1. The fourth-order valence-corrected chi connectivity index (χ4v) is 3.56. The molecule has 1 aromatic heterocycles. The molecular formula is C18H23N3O5S. The predicted octanol–water partition coefficient (Wildman–Crippen LogP) is 1.45. The zero-order valence-electron chi connectivity index (χ0n) is 15.3. The number of carbonyl (C=O) groups is 2. The Labute approximate surface area is 162 Å². The predicted molar refractivity (Wildman–Crippen MR) is 102 cm³/mol. The van der Waals surface area contributed by atoms with Gasteiger partial charge in [-0.25, -0.2) is 4.99 Å². The standard InChI is InChI=1S/C18H23N3O5S/c1-2-25-16(22)13-27-18-19-15(12-14-4-3-9-26-14)17(23)21(18)6-5-20-7-10-24-11-8-20/h3-4,9,12H,2,5-8,10-11,13H2,1H3/b15-12+. The second-order valence-electron chi connectivity index (χ2n) is 5.94. The van der Waals surface area contributed by atoms with Crippen LogP contribution >= 0.6 is 11.8 Å². The fraction of sp³-hybridized carbons (Fsp3) is 0.500. The summed E-state index contributed by atoms with van der Waals surface area (Å²) in [6.45, 7) is 6.42. The zero-order valence-corrected chi connectivity index (χ0v) is 16.1. The number of esters is 1. The second kappa shape index (κ2) is 9.72. The normalized spacial score (nSPS) is 19.6. The van der Waals surface area contributed by atoms with Gasteiger partial charge in [0.1, 0.15) is 11.5 Å². The van der Waals surface area contributed by atoms with Crippen molar-refractivity contribution in [1.82, 2.24) is 9.80 Å². The molecule has 146 valence electrons. The van der Waals surface area contributed by atoms with E-state index in [1.165, 1.54) is 11.8 Å². The molecule has 9 heteroatoms. The van der Waals surface area contributed by atoms with Crippen molar-refractivity contribution >= 4 is 34.9 Å². The molecule has 1 fully saturated rings. The molecule has 0 saturated carbocycles. The van der Waals surface area contributed by atoms with E-state index in [-0.39, 0.29) is 17.6 Å². The summed E-state index contributed by atoms with van der Waals surface area (Å²) < 4.78 is 15.6. The zero-order chi connectivity index (χ0) is 19.1. The number of morpholine rings is 1. The molecule has 2 aliphatic heterocycles. The molecule has 0 aromatic carbocycles. The van der Waals surface area contributed by atoms with Crippen molar-refractivity contribution in [2.75, 3.05) is 51.8 Å². The Bertz CT molecular complexity index is 711. The number of rotatable bonds is 7. The summed E-state index contributed by atoms with van der Waals surface area (Å²) >= 11 is 1.21. The van der Waals surface area contributed by atoms with Gasteiger partial charge < -0.3 is 13.9 Å². The number of hydrogen-bond acceptors (Lipinski definition) is 8. The average Bonchev–Trinajstić information content (AvgIpc) is 3.29. The molecule has 27 heavy (non-hydrogen) atoms. The highest BCUT2D eigenvalue weighted by molar-refractivity contribution is 8.14. The summed E-state index contributed by atoms with van der Waals surface area (Å²) in [5, 5.41) is 0.513. The Kier molecular flexibility index (Phi) is 7.08. The van der Waals surface area contributed by atoms with Crippen LogP contribution in [0, 0.1) is 0 Å². The molecule has 3 rings (SSSR count). The number of ether oxygens (including phenoxy) is 2. The Hall–Kier alpha value is -2.10. The minimum Gasteiger partial charge on any atom is -0.465 e. The maximum atomic E-state index is 12.8. The van der Waals surface area contributed by atoms with Gasteiger partial charge in [0.25, 0.3) is 5.91 Å². The van der Waals surface area contributed by atoms with E-state index < -0.39 is 0 Å². The van der Waals surface area contributed by atoms with Gasteiger partial charge in [0.2, 0.25) is 0 Å². The van der Waals surface area contributed by atoms with Crippen LogP contribution in [0.25, 0.3) is 6.08 Å². The minimum absolute atomic E-state index is 0.113. The third-order valence-corrected chi connectivity index (χ3v) is 5.05.